The highest BCUT2D eigenvalue weighted by Gasteiger charge is 2.22. The first-order valence-electron chi connectivity index (χ1n) is 10.0. The van der Waals surface area contributed by atoms with Gasteiger partial charge in [-0.05, 0) is 30.0 Å². The van der Waals surface area contributed by atoms with Crippen LogP contribution in [0.1, 0.15) is 25.8 Å². The van der Waals surface area contributed by atoms with Crippen molar-refractivity contribution in [2.24, 2.45) is 10.9 Å². The number of hydrogen-bond acceptors (Lipinski definition) is 4. The van der Waals surface area contributed by atoms with Crippen LogP contribution in [0.15, 0.2) is 29.3 Å². The number of nitrogens with zero attached hydrogens (tertiary/aromatic N) is 3. The summed E-state index contributed by atoms with van der Waals surface area (Å²) in [5.74, 6) is 1.52. The predicted octanol–water partition coefficient (Wildman–Crippen LogP) is 2.78. The van der Waals surface area contributed by atoms with Gasteiger partial charge in [0.15, 0.2) is 5.96 Å². The molecule has 1 aromatic rings. The zero-order valence-electron chi connectivity index (χ0n) is 18.1. The van der Waals surface area contributed by atoms with E-state index in [4.69, 9.17) is 4.74 Å². The topological polar surface area (TPSA) is 52.1 Å². The molecule has 7 heteroatoms. The van der Waals surface area contributed by atoms with Crippen LogP contribution >= 0.6 is 24.0 Å². The lowest BCUT2D eigenvalue weighted by molar-refractivity contribution is 0.0132. The Morgan fingerprint density at radius 1 is 1.21 bits per heavy atom. The summed E-state index contributed by atoms with van der Waals surface area (Å²) >= 11 is 0. The summed E-state index contributed by atoms with van der Waals surface area (Å²) in [5, 5.41) is 6.97. The Labute approximate surface area is 188 Å². The Hall–Kier alpha value is -1.06. The van der Waals surface area contributed by atoms with Crippen molar-refractivity contribution in [2.45, 2.75) is 32.9 Å². The molecule has 0 aliphatic carbocycles. The summed E-state index contributed by atoms with van der Waals surface area (Å²) in [7, 11) is 5.96. The zero-order valence-corrected chi connectivity index (χ0v) is 20.4. The van der Waals surface area contributed by atoms with Crippen molar-refractivity contribution < 1.29 is 4.74 Å². The Bertz CT molecular complexity index is 588. The average molecular weight is 503 g/mol. The van der Waals surface area contributed by atoms with Gasteiger partial charge >= 0.3 is 0 Å². The van der Waals surface area contributed by atoms with E-state index in [0.29, 0.717) is 12.0 Å². The number of halogens is 1. The van der Waals surface area contributed by atoms with E-state index in [0.717, 1.165) is 45.4 Å². The number of aliphatic imine (C=N–C) groups is 1. The average Bonchev–Trinajstić information content (AvgIpc) is 2.67. The molecule has 2 rings (SSSR count). The molecule has 160 valence electrons. The first-order valence-corrected chi connectivity index (χ1v) is 10.0. The fourth-order valence-electron chi connectivity index (χ4n) is 3.41. The lowest BCUT2D eigenvalue weighted by atomic mass is 10.0. The molecule has 1 unspecified atom stereocenters. The number of anilines is 1. The molecule has 0 radical (unpaired) electrons. The summed E-state index contributed by atoms with van der Waals surface area (Å²) in [5.41, 5.74) is 2.46. The Morgan fingerprint density at radius 2 is 1.93 bits per heavy atom. The van der Waals surface area contributed by atoms with E-state index < -0.39 is 0 Å². The van der Waals surface area contributed by atoms with Gasteiger partial charge in [-0.2, -0.15) is 0 Å². The van der Waals surface area contributed by atoms with Crippen molar-refractivity contribution in [1.29, 1.82) is 0 Å². The van der Waals surface area contributed by atoms with Gasteiger partial charge in [0.2, 0.25) is 0 Å². The molecule has 1 heterocycles. The molecule has 0 aromatic heterocycles. The third-order valence-electron chi connectivity index (χ3n) is 4.92. The SMILES string of the molecule is CN=C(NCc1cccc(N(C)C)c1)NCC(CC(C)C)N1CCOCC1.I. The summed E-state index contributed by atoms with van der Waals surface area (Å²) in [6.45, 7) is 9.94. The molecule has 1 atom stereocenters. The molecule has 2 N–H and O–H groups in total. The van der Waals surface area contributed by atoms with Crippen molar-refractivity contribution >= 4 is 35.6 Å². The molecule has 0 saturated carbocycles. The second kappa shape index (κ2) is 13.2. The van der Waals surface area contributed by atoms with Crippen molar-refractivity contribution in [1.82, 2.24) is 15.5 Å². The van der Waals surface area contributed by atoms with Crippen LogP contribution in [-0.2, 0) is 11.3 Å². The fraction of sp³-hybridized carbons (Fsp3) is 0.667. The Kier molecular flexibility index (Phi) is 11.8. The molecular formula is C21H38IN5O. The van der Waals surface area contributed by atoms with Gasteiger partial charge in [0.25, 0.3) is 0 Å². The molecule has 0 spiro atoms. The summed E-state index contributed by atoms with van der Waals surface area (Å²) in [4.78, 5) is 9.06. The maximum Gasteiger partial charge on any atom is 0.191 e. The highest BCUT2D eigenvalue weighted by atomic mass is 127. The van der Waals surface area contributed by atoms with Crippen LogP contribution in [0.3, 0.4) is 0 Å². The molecule has 6 nitrogen and oxygen atoms in total. The van der Waals surface area contributed by atoms with Crippen LogP contribution < -0.4 is 15.5 Å². The predicted molar refractivity (Wildman–Crippen MR) is 130 cm³/mol. The van der Waals surface area contributed by atoms with Gasteiger partial charge in [0.05, 0.1) is 13.2 Å². The van der Waals surface area contributed by atoms with Gasteiger partial charge < -0.3 is 20.3 Å². The highest BCUT2D eigenvalue weighted by Crippen LogP contribution is 2.14. The van der Waals surface area contributed by atoms with E-state index in [1.54, 1.807) is 0 Å². The van der Waals surface area contributed by atoms with Gasteiger partial charge in [-0.25, -0.2) is 0 Å². The molecular weight excluding hydrogens is 465 g/mol. The molecule has 1 aliphatic heterocycles. The second-order valence-corrected chi connectivity index (χ2v) is 7.80. The summed E-state index contributed by atoms with van der Waals surface area (Å²) < 4.78 is 5.51. The maximum atomic E-state index is 5.51. The Balaban J connectivity index is 0.00000392. The van der Waals surface area contributed by atoms with Gasteiger partial charge in [-0.3, -0.25) is 9.89 Å². The monoisotopic (exact) mass is 503 g/mol. The number of rotatable bonds is 8. The molecule has 1 aliphatic rings. The van der Waals surface area contributed by atoms with Crippen LogP contribution in [-0.4, -0.2) is 70.9 Å². The van der Waals surface area contributed by atoms with Crippen LogP contribution in [0.4, 0.5) is 5.69 Å². The number of morpholine rings is 1. The standard InChI is InChI=1S/C21H37N5O.HI/c1-17(2)13-20(26-9-11-27-12-10-26)16-24-21(22-3)23-15-18-7-6-8-19(14-18)25(4)5;/h6-8,14,17,20H,9-13,15-16H2,1-5H3,(H2,22,23,24);1H. The van der Waals surface area contributed by atoms with Crippen molar-refractivity contribution in [3.63, 3.8) is 0 Å². The highest BCUT2D eigenvalue weighted by molar-refractivity contribution is 14.0. The van der Waals surface area contributed by atoms with Crippen molar-refractivity contribution in [2.75, 3.05) is 58.9 Å². The molecule has 0 bridgehead atoms. The minimum atomic E-state index is 0. The maximum absolute atomic E-state index is 5.51. The lowest BCUT2D eigenvalue weighted by Gasteiger charge is -2.35. The first-order chi connectivity index (χ1) is 13.0. The normalized spacial score (nSPS) is 16.4. The van der Waals surface area contributed by atoms with E-state index in [-0.39, 0.29) is 24.0 Å². The second-order valence-electron chi connectivity index (χ2n) is 7.80. The minimum absolute atomic E-state index is 0. The third-order valence-corrected chi connectivity index (χ3v) is 4.92. The number of hydrogen-bond donors (Lipinski definition) is 2. The smallest absolute Gasteiger partial charge is 0.191 e. The van der Waals surface area contributed by atoms with Gasteiger partial charge in [-0.1, -0.05) is 26.0 Å². The van der Waals surface area contributed by atoms with E-state index >= 15 is 0 Å². The number of benzene rings is 1. The molecule has 0 amide bonds. The Morgan fingerprint density at radius 3 is 2.54 bits per heavy atom. The largest absolute Gasteiger partial charge is 0.379 e. The van der Waals surface area contributed by atoms with Crippen molar-refractivity contribution in [3.8, 4) is 0 Å². The van der Waals surface area contributed by atoms with Crippen LogP contribution in [0.25, 0.3) is 0 Å². The lowest BCUT2D eigenvalue weighted by Crippen LogP contribution is -2.50. The molecule has 1 fully saturated rings. The summed E-state index contributed by atoms with van der Waals surface area (Å²) in [6.07, 6.45) is 1.18. The van der Waals surface area contributed by atoms with Crippen LogP contribution in [0.5, 0.6) is 0 Å². The number of ether oxygens (including phenoxy) is 1. The fourth-order valence-corrected chi connectivity index (χ4v) is 3.41. The number of guanidine groups is 1. The van der Waals surface area contributed by atoms with E-state index in [2.05, 4.69) is 77.6 Å². The minimum Gasteiger partial charge on any atom is -0.379 e. The van der Waals surface area contributed by atoms with Gasteiger partial charge in [0.1, 0.15) is 0 Å². The van der Waals surface area contributed by atoms with E-state index in [1.165, 1.54) is 17.7 Å². The first kappa shape index (κ1) is 25.0. The molecule has 1 saturated heterocycles. The van der Waals surface area contributed by atoms with E-state index in [1.807, 2.05) is 7.05 Å². The third kappa shape index (κ3) is 8.53. The quantitative estimate of drug-likeness (QED) is 0.325. The van der Waals surface area contributed by atoms with Gasteiger partial charge in [0, 0.05) is 59.1 Å². The van der Waals surface area contributed by atoms with Crippen molar-refractivity contribution in [3.05, 3.63) is 29.8 Å². The van der Waals surface area contributed by atoms with E-state index in [9.17, 15) is 0 Å². The summed E-state index contributed by atoms with van der Waals surface area (Å²) in [6, 6.07) is 9.07. The molecule has 1 aromatic carbocycles. The van der Waals surface area contributed by atoms with Crippen LogP contribution in [0.2, 0.25) is 0 Å². The van der Waals surface area contributed by atoms with Gasteiger partial charge in [-0.15, -0.1) is 24.0 Å². The zero-order chi connectivity index (χ0) is 19.6. The molecule has 28 heavy (non-hydrogen) atoms. The van der Waals surface area contributed by atoms with Crippen LogP contribution in [0, 0.1) is 5.92 Å². The number of nitrogens with one attached hydrogen (secondary N) is 2.